The molecule has 22 heavy (non-hydrogen) atoms. The maximum Gasteiger partial charge on any atom is 0.307 e. The van der Waals surface area contributed by atoms with Gasteiger partial charge in [0, 0.05) is 36.5 Å². The second-order valence-corrected chi connectivity index (χ2v) is 4.73. The highest BCUT2D eigenvalue weighted by molar-refractivity contribution is 5.82. The van der Waals surface area contributed by atoms with Gasteiger partial charge in [0.1, 0.15) is 0 Å². The monoisotopic (exact) mass is 291 g/mol. The molecule has 3 rings (SSSR count). The second kappa shape index (κ2) is 6.13. The van der Waals surface area contributed by atoms with Crippen LogP contribution in [-0.4, -0.2) is 26.0 Å². The molecular formula is C17H13N3O2. The zero-order valence-electron chi connectivity index (χ0n) is 11.7. The first kappa shape index (κ1) is 13.9. The normalized spacial score (nSPS) is 10.4. The SMILES string of the molecule is O=C(O)Cc1c(-c2ccncc2)ccnc1-c1ccncc1. The lowest BCUT2D eigenvalue weighted by Gasteiger charge is -2.13. The molecule has 0 aliphatic rings. The van der Waals surface area contributed by atoms with Crippen molar-refractivity contribution in [3.63, 3.8) is 0 Å². The van der Waals surface area contributed by atoms with E-state index < -0.39 is 5.97 Å². The number of aliphatic carboxylic acids is 1. The Hall–Kier alpha value is -3.08. The van der Waals surface area contributed by atoms with E-state index >= 15 is 0 Å². The van der Waals surface area contributed by atoms with Crippen LogP contribution in [0.25, 0.3) is 22.4 Å². The van der Waals surface area contributed by atoms with Gasteiger partial charge in [-0.1, -0.05) is 0 Å². The van der Waals surface area contributed by atoms with E-state index in [1.54, 1.807) is 31.0 Å². The number of carboxylic acid groups (broad SMARTS) is 1. The number of nitrogens with zero attached hydrogens (tertiary/aromatic N) is 3. The first-order chi connectivity index (χ1) is 10.8. The second-order valence-electron chi connectivity index (χ2n) is 4.73. The number of hydrogen-bond donors (Lipinski definition) is 1. The average molecular weight is 291 g/mol. The maximum absolute atomic E-state index is 11.3. The Morgan fingerprint density at radius 1 is 0.864 bits per heavy atom. The van der Waals surface area contributed by atoms with Gasteiger partial charge in [0.2, 0.25) is 0 Å². The maximum atomic E-state index is 11.3. The zero-order valence-corrected chi connectivity index (χ0v) is 11.7. The predicted octanol–water partition coefficient (Wildman–Crippen LogP) is 2.83. The van der Waals surface area contributed by atoms with E-state index in [0.717, 1.165) is 16.7 Å². The highest BCUT2D eigenvalue weighted by atomic mass is 16.4. The molecule has 3 aromatic rings. The molecule has 0 amide bonds. The van der Waals surface area contributed by atoms with Crippen molar-refractivity contribution in [2.24, 2.45) is 0 Å². The van der Waals surface area contributed by atoms with Gasteiger partial charge in [-0.15, -0.1) is 0 Å². The summed E-state index contributed by atoms with van der Waals surface area (Å²) in [5.74, 6) is -0.890. The van der Waals surface area contributed by atoms with Crippen molar-refractivity contribution in [1.82, 2.24) is 15.0 Å². The third kappa shape index (κ3) is 2.83. The molecule has 0 fully saturated rings. The lowest BCUT2D eigenvalue weighted by molar-refractivity contribution is -0.136. The Morgan fingerprint density at radius 3 is 2.05 bits per heavy atom. The topological polar surface area (TPSA) is 76.0 Å². The third-order valence-electron chi connectivity index (χ3n) is 3.33. The third-order valence-corrected chi connectivity index (χ3v) is 3.33. The minimum absolute atomic E-state index is 0.0941. The van der Waals surface area contributed by atoms with Gasteiger partial charge in [-0.25, -0.2) is 0 Å². The van der Waals surface area contributed by atoms with Crippen LogP contribution < -0.4 is 0 Å². The van der Waals surface area contributed by atoms with E-state index in [4.69, 9.17) is 0 Å². The molecular weight excluding hydrogens is 278 g/mol. The summed E-state index contributed by atoms with van der Waals surface area (Å²) < 4.78 is 0. The van der Waals surface area contributed by atoms with Crippen LogP contribution in [-0.2, 0) is 11.2 Å². The standard InChI is InChI=1S/C17H13N3O2/c21-16(22)11-15-14(12-1-6-18-7-2-12)5-10-20-17(15)13-3-8-19-9-4-13/h1-10H,11H2,(H,21,22). The highest BCUT2D eigenvalue weighted by Gasteiger charge is 2.15. The summed E-state index contributed by atoms with van der Waals surface area (Å²) >= 11 is 0. The van der Waals surface area contributed by atoms with E-state index in [0.29, 0.717) is 11.3 Å². The molecule has 0 aliphatic heterocycles. The highest BCUT2D eigenvalue weighted by Crippen LogP contribution is 2.30. The lowest BCUT2D eigenvalue weighted by atomic mass is 9.95. The largest absolute Gasteiger partial charge is 0.481 e. The molecule has 0 saturated heterocycles. The van der Waals surface area contributed by atoms with Gasteiger partial charge in [0.05, 0.1) is 12.1 Å². The van der Waals surface area contributed by atoms with Crippen molar-refractivity contribution in [2.75, 3.05) is 0 Å². The van der Waals surface area contributed by atoms with Crippen LogP contribution in [0.4, 0.5) is 0 Å². The summed E-state index contributed by atoms with van der Waals surface area (Å²) in [5, 5.41) is 9.26. The van der Waals surface area contributed by atoms with Gasteiger partial charge < -0.3 is 5.11 Å². The minimum Gasteiger partial charge on any atom is -0.481 e. The van der Waals surface area contributed by atoms with Crippen molar-refractivity contribution in [3.05, 3.63) is 66.9 Å². The predicted molar refractivity (Wildman–Crippen MR) is 82.0 cm³/mol. The Kier molecular flexibility index (Phi) is 3.87. The number of aromatic nitrogens is 3. The van der Waals surface area contributed by atoms with E-state index in [1.807, 2.05) is 30.3 Å². The number of carboxylic acids is 1. The van der Waals surface area contributed by atoms with Crippen molar-refractivity contribution < 1.29 is 9.90 Å². The van der Waals surface area contributed by atoms with E-state index in [2.05, 4.69) is 15.0 Å². The molecule has 0 saturated carbocycles. The summed E-state index contributed by atoms with van der Waals surface area (Å²) in [5.41, 5.74) is 3.98. The quantitative estimate of drug-likeness (QED) is 0.800. The molecule has 0 bridgehead atoms. The Labute approximate surface area is 127 Å². The summed E-state index contributed by atoms with van der Waals surface area (Å²) in [6.45, 7) is 0. The van der Waals surface area contributed by atoms with Crippen molar-refractivity contribution >= 4 is 5.97 Å². The molecule has 3 heterocycles. The van der Waals surface area contributed by atoms with Gasteiger partial charge in [-0.2, -0.15) is 0 Å². The van der Waals surface area contributed by atoms with Crippen LogP contribution in [0.15, 0.2) is 61.3 Å². The van der Waals surface area contributed by atoms with E-state index in [9.17, 15) is 9.90 Å². The van der Waals surface area contributed by atoms with Crippen LogP contribution in [0.5, 0.6) is 0 Å². The number of hydrogen-bond acceptors (Lipinski definition) is 4. The van der Waals surface area contributed by atoms with Crippen LogP contribution in [0.3, 0.4) is 0 Å². The molecule has 0 atom stereocenters. The van der Waals surface area contributed by atoms with Crippen LogP contribution in [0, 0.1) is 0 Å². The number of rotatable bonds is 4. The van der Waals surface area contributed by atoms with E-state index in [-0.39, 0.29) is 6.42 Å². The zero-order chi connectivity index (χ0) is 15.4. The molecule has 5 heteroatoms. The molecule has 0 spiro atoms. The van der Waals surface area contributed by atoms with Gasteiger partial charge in [-0.3, -0.25) is 19.7 Å². The van der Waals surface area contributed by atoms with Crippen LogP contribution >= 0.6 is 0 Å². The molecule has 1 N–H and O–H groups in total. The van der Waals surface area contributed by atoms with Crippen LogP contribution in [0.1, 0.15) is 5.56 Å². The van der Waals surface area contributed by atoms with E-state index in [1.165, 1.54) is 0 Å². The lowest BCUT2D eigenvalue weighted by Crippen LogP contribution is -2.05. The molecule has 0 radical (unpaired) electrons. The summed E-state index contributed by atoms with van der Waals surface area (Å²) in [7, 11) is 0. The molecule has 0 unspecified atom stereocenters. The number of pyridine rings is 3. The molecule has 5 nitrogen and oxygen atoms in total. The van der Waals surface area contributed by atoms with Crippen molar-refractivity contribution in [2.45, 2.75) is 6.42 Å². The first-order valence-corrected chi connectivity index (χ1v) is 6.76. The van der Waals surface area contributed by atoms with Gasteiger partial charge >= 0.3 is 5.97 Å². The summed E-state index contributed by atoms with van der Waals surface area (Å²) in [6.07, 6.45) is 8.31. The van der Waals surface area contributed by atoms with Crippen molar-refractivity contribution in [1.29, 1.82) is 0 Å². The molecule has 0 aromatic carbocycles. The minimum atomic E-state index is -0.890. The fourth-order valence-electron chi connectivity index (χ4n) is 2.38. The molecule has 0 aliphatic carbocycles. The van der Waals surface area contributed by atoms with Crippen molar-refractivity contribution in [3.8, 4) is 22.4 Å². The molecule has 108 valence electrons. The number of carbonyl (C=O) groups is 1. The fraction of sp³-hybridized carbons (Fsp3) is 0.0588. The average Bonchev–Trinajstić information content (AvgIpc) is 2.56. The smallest absolute Gasteiger partial charge is 0.307 e. The Balaban J connectivity index is 2.21. The molecule has 3 aromatic heterocycles. The first-order valence-electron chi connectivity index (χ1n) is 6.76. The summed E-state index contributed by atoms with van der Waals surface area (Å²) in [6, 6.07) is 9.19. The van der Waals surface area contributed by atoms with Gasteiger partial charge in [-0.05, 0) is 47.0 Å². The fourth-order valence-corrected chi connectivity index (χ4v) is 2.38. The van der Waals surface area contributed by atoms with Gasteiger partial charge in [0.25, 0.3) is 0 Å². The Bertz CT molecular complexity index is 732. The van der Waals surface area contributed by atoms with Gasteiger partial charge in [0.15, 0.2) is 0 Å². The Morgan fingerprint density at radius 2 is 1.45 bits per heavy atom. The summed E-state index contributed by atoms with van der Waals surface area (Å²) in [4.78, 5) is 23.7. The van der Waals surface area contributed by atoms with Crippen LogP contribution in [0.2, 0.25) is 0 Å².